The van der Waals surface area contributed by atoms with Crippen molar-refractivity contribution in [3.63, 3.8) is 0 Å². The highest BCUT2D eigenvalue weighted by molar-refractivity contribution is 5.97. The Morgan fingerprint density at radius 1 is 1.03 bits per heavy atom. The number of aliphatic hydroxyl groups is 1. The predicted octanol–water partition coefficient (Wildman–Crippen LogP) is 4.31. The zero-order valence-corrected chi connectivity index (χ0v) is 18.6. The van der Waals surface area contributed by atoms with Gasteiger partial charge in [0.2, 0.25) is 5.91 Å². The number of ether oxygens (including phenoxy) is 1. The van der Waals surface area contributed by atoms with Gasteiger partial charge in [0.05, 0.1) is 17.6 Å². The van der Waals surface area contributed by atoms with E-state index in [0.717, 1.165) is 33.9 Å². The van der Waals surface area contributed by atoms with Gasteiger partial charge < -0.3 is 19.3 Å². The number of aliphatic hydroxyl groups excluding tert-OH is 1. The third kappa shape index (κ3) is 4.34. The first kappa shape index (κ1) is 21.2. The third-order valence-corrected chi connectivity index (χ3v) is 6.16. The standard InChI is InChI=1S/C27H27N3O3/c1-19-9-5-7-13-24(19)29-16-20(15-26(29)32)27-28-23-12-6-8-14-25(23)30(27)17-21(31)18-33-22-10-3-2-4-11-22/h2-14,20-21,31H,15-18H2,1H3/t20-,21+/m0/s1. The molecule has 1 aliphatic rings. The second kappa shape index (κ2) is 9.08. The van der Waals surface area contributed by atoms with Crippen LogP contribution in [0.2, 0.25) is 0 Å². The van der Waals surface area contributed by atoms with Crippen LogP contribution in [-0.4, -0.2) is 39.8 Å². The van der Waals surface area contributed by atoms with Crippen molar-refractivity contribution in [1.29, 1.82) is 0 Å². The molecule has 3 aromatic carbocycles. The normalized spacial score (nSPS) is 17.0. The highest BCUT2D eigenvalue weighted by Crippen LogP contribution is 2.34. The van der Waals surface area contributed by atoms with Crippen molar-refractivity contribution < 1.29 is 14.6 Å². The second-order valence-electron chi connectivity index (χ2n) is 8.54. The molecular formula is C27H27N3O3. The van der Waals surface area contributed by atoms with Crippen molar-refractivity contribution in [1.82, 2.24) is 9.55 Å². The van der Waals surface area contributed by atoms with Gasteiger partial charge in [0.1, 0.15) is 24.3 Å². The van der Waals surface area contributed by atoms with Gasteiger partial charge >= 0.3 is 0 Å². The minimum Gasteiger partial charge on any atom is -0.491 e. The van der Waals surface area contributed by atoms with Crippen LogP contribution in [0.5, 0.6) is 5.75 Å². The van der Waals surface area contributed by atoms with Gasteiger partial charge in [0.25, 0.3) is 0 Å². The summed E-state index contributed by atoms with van der Waals surface area (Å²) < 4.78 is 7.80. The Hall–Kier alpha value is -3.64. The van der Waals surface area contributed by atoms with Gasteiger partial charge in [0.15, 0.2) is 0 Å². The fourth-order valence-electron chi connectivity index (χ4n) is 4.55. The molecule has 2 atom stereocenters. The number of anilines is 1. The molecule has 0 saturated carbocycles. The fourth-order valence-corrected chi connectivity index (χ4v) is 4.55. The molecule has 1 N–H and O–H groups in total. The number of aryl methyl sites for hydroxylation is 1. The SMILES string of the molecule is Cc1ccccc1N1C[C@@H](c2nc3ccccc3n2C[C@@H](O)COc2ccccc2)CC1=O. The molecule has 1 amide bonds. The molecule has 2 heterocycles. The quantitative estimate of drug-likeness (QED) is 0.464. The van der Waals surface area contributed by atoms with Crippen LogP contribution in [0, 0.1) is 6.92 Å². The molecule has 168 valence electrons. The zero-order chi connectivity index (χ0) is 22.8. The highest BCUT2D eigenvalue weighted by Gasteiger charge is 2.35. The van der Waals surface area contributed by atoms with E-state index in [1.807, 2.05) is 95.3 Å². The number of amides is 1. The van der Waals surface area contributed by atoms with Crippen LogP contribution in [0.1, 0.15) is 23.7 Å². The maximum absolute atomic E-state index is 12.9. The van der Waals surface area contributed by atoms with Gasteiger partial charge in [-0.15, -0.1) is 0 Å². The summed E-state index contributed by atoms with van der Waals surface area (Å²) in [6.07, 6.45) is -0.319. The summed E-state index contributed by atoms with van der Waals surface area (Å²) in [6.45, 7) is 3.12. The summed E-state index contributed by atoms with van der Waals surface area (Å²) in [7, 11) is 0. The molecule has 1 fully saturated rings. The van der Waals surface area contributed by atoms with Gasteiger partial charge in [-0.2, -0.15) is 0 Å². The lowest BCUT2D eigenvalue weighted by Gasteiger charge is -2.20. The van der Waals surface area contributed by atoms with E-state index < -0.39 is 6.10 Å². The van der Waals surface area contributed by atoms with E-state index >= 15 is 0 Å². The van der Waals surface area contributed by atoms with Crippen LogP contribution in [0.15, 0.2) is 78.9 Å². The molecule has 33 heavy (non-hydrogen) atoms. The Morgan fingerprint density at radius 2 is 1.76 bits per heavy atom. The molecule has 0 unspecified atom stereocenters. The molecule has 5 rings (SSSR count). The summed E-state index contributed by atoms with van der Waals surface area (Å²) in [5.74, 6) is 1.61. The number of fused-ring (bicyclic) bond motifs is 1. The number of imidazole rings is 1. The van der Waals surface area contributed by atoms with Crippen molar-refractivity contribution in [2.24, 2.45) is 0 Å². The lowest BCUT2D eigenvalue weighted by Crippen LogP contribution is -2.27. The van der Waals surface area contributed by atoms with Gasteiger partial charge in [-0.25, -0.2) is 4.98 Å². The van der Waals surface area contributed by atoms with E-state index in [1.54, 1.807) is 0 Å². The molecule has 0 spiro atoms. The first-order valence-electron chi connectivity index (χ1n) is 11.3. The topological polar surface area (TPSA) is 67.6 Å². The first-order valence-corrected chi connectivity index (χ1v) is 11.3. The molecule has 6 nitrogen and oxygen atoms in total. The molecular weight excluding hydrogens is 414 g/mol. The number of rotatable bonds is 7. The number of benzene rings is 3. The van der Waals surface area contributed by atoms with E-state index in [4.69, 9.17) is 9.72 Å². The molecule has 1 aromatic heterocycles. The summed E-state index contributed by atoms with van der Waals surface area (Å²) in [6, 6.07) is 25.3. The van der Waals surface area contributed by atoms with E-state index in [9.17, 15) is 9.90 Å². The number of carbonyl (C=O) groups is 1. The molecule has 6 heteroatoms. The Kier molecular flexibility index (Phi) is 5.84. The molecule has 4 aromatic rings. The second-order valence-corrected chi connectivity index (χ2v) is 8.54. The zero-order valence-electron chi connectivity index (χ0n) is 18.6. The molecule has 0 radical (unpaired) electrons. The lowest BCUT2D eigenvalue weighted by molar-refractivity contribution is -0.117. The van der Waals surface area contributed by atoms with Crippen molar-refractivity contribution in [3.05, 3.63) is 90.3 Å². The van der Waals surface area contributed by atoms with Gasteiger partial charge in [0, 0.05) is 24.6 Å². The fraction of sp³-hybridized carbons (Fsp3) is 0.259. The Bertz CT molecular complexity index is 1270. The van der Waals surface area contributed by atoms with E-state index in [1.165, 1.54) is 0 Å². The number of aromatic nitrogens is 2. The van der Waals surface area contributed by atoms with Crippen molar-refractivity contribution >= 4 is 22.6 Å². The molecule has 0 aliphatic carbocycles. The summed E-state index contributed by atoms with van der Waals surface area (Å²) >= 11 is 0. The minimum atomic E-state index is -0.717. The van der Waals surface area contributed by atoms with Crippen molar-refractivity contribution in [2.75, 3.05) is 18.1 Å². The Labute approximate surface area is 193 Å². The van der Waals surface area contributed by atoms with Crippen LogP contribution in [0.25, 0.3) is 11.0 Å². The third-order valence-electron chi connectivity index (χ3n) is 6.16. The smallest absolute Gasteiger partial charge is 0.227 e. The van der Waals surface area contributed by atoms with Gasteiger partial charge in [-0.05, 0) is 42.8 Å². The van der Waals surface area contributed by atoms with Crippen LogP contribution in [-0.2, 0) is 11.3 Å². The highest BCUT2D eigenvalue weighted by atomic mass is 16.5. The van der Waals surface area contributed by atoms with Crippen LogP contribution >= 0.6 is 0 Å². The summed E-state index contributed by atoms with van der Waals surface area (Å²) in [4.78, 5) is 19.7. The summed E-state index contributed by atoms with van der Waals surface area (Å²) in [5, 5.41) is 10.8. The maximum atomic E-state index is 12.9. The van der Waals surface area contributed by atoms with Gasteiger partial charge in [-0.3, -0.25) is 4.79 Å². The molecule has 0 bridgehead atoms. The predicted molar refractivity (Wildman–Crippen MR) is 129 cm³/mol. The molecule has 1 aliphatic heterocycles. The van der Waals surface area contributed by atoms with E-state index in [0.29, 0.717) is 19.5 Å². The number of nitrogens with zero attached hydrogens (tertiary/aromatic N) is 3. The number of hydrogen-bond donors (Lipinski definition) is 1. The van der Waals surface area contributed by atoms with E-state index in [2.05, 4.69) is 0 Å². The minimum absolute atomic E-state index is 0.0493. The number of para-hydroxylation sites is 4. The van der Waals surface area contributed by atoms with Gasteiger partial charge in [-0.1, -0.05) is 48.5 Å². The van der Waals surface area contributed by atoms with Crippen molar-refractivity contribution in [2.45, 2.75) is 31.9 Å². The Balaban J connectivity index is 1.40. The van der Waals surface area contributed by atoms with Crippen LogP contribution in [0.4, 0.5) is 5.69 Å². The van der Waals surface area contributed by atoms with Crippen molar-refractivity contribution in [3.8, 4) is 5.75 Å². The first-order chi connectivity index (χ1) is 16.1. The monoisotopic (exact) mass is 441 g/mol. The lowest BCUT2D eigenvalue weighted by atomic mass is 10.1. The number of carbonyl (C=O) groups excluding carboxylic acids is 1. The maximum Gasteiger partial charge on any atom is 0.227 e. The average Bonchev–Trinajstić information content (AvgIpc) is 3.39. The number of hydrogen-bond acceptors (Lipinski definition) is 4. The summed E-state index contributed by atoms with van der Waals surface area (Å²) in [5.41, 5.74) is 3.84. The average molecular weight is 442 g/mol. The Morgan fingerprint density at radius 3 is 2.58 bits per heavy atom. The molecule has 1 saturated heterocycles. The van der Waals surface area contributed by atoms with Crippen LogP contribution in [0.3, 0.4) is 0 Å². The largest absolute Gasteiger partial charge is 0.491 e. The van der Waals surface area contributed by atoms with Crippen LogP contribution < -0.4 is 9.64 Å². The van der Waals surface area contributed by atoms with E-state index in [-0.39, 0.29) is 18.4 Å².